The molecule has 1 saturated heterocycles. The summed E-state index contributed by atoms with van der Waals surface area (Å²) in [5.74, 6) is 1.57. The van der Waals surface area contributed by atoms with Crippen molar-refractivity contribution >= 4 is 11.8 Å². The Balaban J connectivity index is 1.32. The van der Waals surface area contributed by atoms with E-state index in [4.69, 9.17) is 0 Å². The highest BCUT2D eigenvalue weighted by Gasteiger charge is 2.27. The Morgan fingerprint density at radius 1 is 1.12 bits per heavy atom. The van der Waals surface area contributed by atoms with Crippen molar-refractivity contribution in [3.05, 3.63) is 36.0 Å². The van der Waals surface area contributed by atoms with Crippen LogP contribution in [0.15, 0.2) is 24.7 Å². The lowest BCUT2D eigenvalue weighted by atomic mass is 9.94. The number of urea groups is 1. The number of imidazole rings is 1. The highest BCUT2D eigenvalue weighted by atomic mass is 16.2. The Bertz CT molecular complexity index is 713. The molecule has 1 aliphatic heterocycles. The second-order valence-electron chi connectivity index (χ2n) is 6.74. The van der Waals surface area contributed by atoms with Crippen LogP contribution in [-0.4, -0.2) is 43.8 Å². The van der Waals surface area contributed by atoms with Gasteiger partial charge in [0.25, 0.3) is 0 Å². The summed E-state index contributed by atoms with van der Waals surface area (Å²) in [5.41, 5.74) is 2.28. The van der Waals surface area contributed by atoms with Crippen LogP contribution in [0.25, 0.3) is 0 Å². The fraction of sp³-hybridized carbons (Fsp3) is 0.529. The van der Waals surface area contributed by atoms with Crippen molar-refractivity contribution in [2.45, 2.75) is 37.5 Å². The number of carbonyl (C=O) groups excluding carboxylic acids is 1. The van der Waals surface area contributed by atoms with Gasteiger partial charge >= 0.3 is 6.03 Å². The average Bonchev–Trinajstić information content (AvgIpc) is 3.37. The van der Waals surface area contributed by atoms with Crippen LogP contribution in [0.5, 0.6) is 0 Å². The van der Waals surface area contributed by atoms with Gasteiger partial charge in [-0.05, 0) is 37.8 Å². The largest absolute Gasteiger partial charge is 0.337 e. The lowest BCUT2D eigenvalue weighted by Gasteiger charge is -2.31. The predicted molar refractivity (Wildman–Crippen MR) is 89.8 cm³/mol. The fourth-order valence-electron chi connectivity index (χ4n) is 3.33. The molecular weight excluding hydrogens is 304 g/mol. The Hall–Kier alpha value is -2.44. The molecule has 0 atom stereocenters. The topological polar surface area (TPSA) is 75.9 Å². The molecule has 2 fully saturated rings. The molecule has 3 heterocycles. The van der Waals surface area contributed by atoms with Crippen molar-refractivity contribution in [2.75, 3.05) is 18.4 Å². The van der Waals surface area contributed by atoms with Crippen LogP contribution in [0, 0.1) is 0 Å². The van der Waals surface area contributed by atoms with E-state index in [1.807, 2.05) is 36.6 Å². The van der Waals surface area contributed by atoms with Crippen LogP contribution in [0.2, 0.25) is 0 Å². The van der Waals surface area contributed by atoms with Crippen molar-refractivity contribution in [1.29, 1.82) is 0 Å². The van der Waals surface area contributed by atoms with Gasteiger partial charge in [-0.1, -0.05) is 0 Å². The molecule has 126 valence electrons. The minimum atomic E-state index is -0.0908. The molecule has 1 aliphatic carbocycles. The summed E-state index contributed by atoms with van der Waals surface area (Å²) in [6.07, 6.45) is 8.08. The van der Waals surface area contributed by atoms with Crippen molar-refractivity contribution < 1.29 is 4.79 Å². The number of carbonyl (C=O) groups is 1. The van der Waals surface area contributed by atoms with Gasteiger partial charge in [-0.3, -0.25) is 5.32 Å². The van der Waals surface area contributed by atoms with E-state index >= 15 is 0 Å². The Labute approximate surface area is 141 Å². The molecule has 2 amide bonds. The molecule has 7 heteroatoms. The molecular formula is C17H22N6O. The van der Waals surface area contributed by atoms with Gasteiger partial charge in [0.15, 0.2) is 5.82 Å². The fourth-order valence-corrected chi connectivity index (χ4v) is 3.33. The highest BCUT2D eigenvalue weighted by molar-refractivity contribution is 5.88. The second kappa shape index (κ2) is 6.22. The molecule has 24 heavy (non-hydrogen) atoms. The number of nitrogens with zero attached hydrogens (tertiary/aromatic N) is 5. The van der Waals surface area contributed by atoms with Crippen molar-refractivity contribution in [1.82, 2.24) is 24.6 Å². The molecule has 7 nitrogen and oxygen atoms in total. The van der Waals surface area contributed by atoms with E-state index in [-0.39, 0.29) is 6.03 Å². The van der Waals surface area contributed by atoms with E-state index in [1.54, 1.807) is 0 Å². The number of rotatable bonds is 3. The standard InChI is InChI=1S/C17H22N6O/c1-22-11-18-10-15(22)13-6-8-23(9-7-13)17(24)19-16-5-4-14(20-21-16)12-2-3-12/h4-5,10-13H,2-3,6-9H2,1H3,(H,19,21,24). The molecule has 1 saturated carbocycles. The van der Waals surface area contributed by atoms with Crippen LogP contribution < -0.4 is 5.32 Å². The van der Waals surface area contributed by atoms with Crippen LogP contribution in [0.3, 0.4) is 0 Å². The predicted octanol–water partition coefficient (Wildman–Crippen LogP) is 2.50. The number of piperidine rings is 1. The number of aromatic nitrogens is 4. The molecule has 0 aromatic carbocycles. The summed E-state index contributed by atoms with van der Waals surface area (Å²) >= 11 is 0. The van der Waals surface area contributed by atoms with E-state index < -0.39 is 0 Å². The van der Waals surface area contributed by atoms with E-state index in [0.29, 0.717) is 17.7 Å². The Morgan fingerprint density at radius 3 is 2.50 bits per heavy atom. The van der Waals surface area contributed by atoms with Crippen molar-refractivity contribution in [3.63, 3.8) is 0 Å². The lowest BCUT2D eigenvalue weighted by molar-refractivity contribution is 0.193. The molecule has 2 aliphatic rings. The third-order valence-corrected chi connectivity index (χ3v) is 4.97. The summed E-state index contributed by atoms with van der Waals surface area (Å²) in [7, 11) is 2.02. The van der Waals surface area contributed by atoms with Gasteiger partial charge in [0.2, 0.25) is 0 Å². The first-order chi connectivity index (χ1) is 11.7. The molecule has 4 rings (SSSR count). The van der Waals surface area contributed by atoms with Gasteiger partial charge in [0.1, 0.15) is 0 Å². The number of anilines is 1. The smallest absolute Gasteiger partial charge is 0.323 e. The maximum atomic E-state index is 12.4. The summed E-state index contributed by atoms with van der Waals surface area (Å²) in [4.78, 5) is 18.4. The second-order valence-corrected chi connectivity index (χ2v) is 6.74. The number of nitrogens with one attached hydrogen (secondary N) is 1. The first-order valence-corrected chi connectivity index (χ1v) is 8.56. The summed E-state index contributed by atoms with van der Waals surface area (Å²) in [6, 6.07) is 3.72. The number of aryl methyl sites for hydroxylation is 1. The van der Waals surface area contributed by atoms with E-state index in [9.17, 15) is 4.79 Å². The molecule has 0 bridgehead atoms. The Morgan fingerprint density at radius 2 is 1.92 bits per heavy atom. The zero-order valence-electron chi connectivity index (χ0n) is 13.9. The average molecular weight is 326 g/mol. The molecule has 0 unspecified atom stereocenters. The van der Waals surface area contributed by atoms with Crippen molar-refractivity contribution in [3.8, 4) is 0 Å². The lowest BCUT2D eigenvalue weighted by Crippen LogP contribution is -2.41. The normalized spacial score (nSPS) is 18.6. The van der Waals surface area contributed by atoms with Gasteiger partial charge < -0.3 is 9.47 Å². The van der Waals surface area contributed by atoms with Crippen LogP contribution in [0.1, 0.15) is 48.9 Å². The number of hydrogen-bond donors (Lipinski definition) is 1. The minimum absolute atomic E-state index is 0.0908. The van der Waals surface area contributed by atoms with Gasteiger partial charge in [0, 0.05) is 43.9 Å². The van der Waals surface area contributed by atoms with Crippen LogP contribution in [-0.2, 0) is 7.05 Å². The molecule has 0 radical (unpaired) electrons. The summed E-state index contributed by atoms with van der Waals surface area (Å²) in [6.45, 7) is 1.49. The third kappa shape index (κ3) is 3.11. The van der Waals surface area contributed by atoms with Gasteiger partial charge in [-0.25, -0.2) is 9.78 Å². The maximum absolute atomic E-state index is 12.4. The number of hydrogen-bond acceptors (Lipinski definition) is 4. The molecule has 0 spiro atoms. The SMILES string of the molecule is Cn1cncc1C1CCN(C(=O)Nc2ccc(C3CC3)nn2)CC1. The zero-order chi connectivity index (χ0) is 16.5. The van der Waals surface area contributed by atoms with Gasteiger partial charge in [-0.2, -0.15) is 5.10 Å². The maximum Gasteiger partial charge on any atom is 0.323 e. The van der Waals surface area contributed by atoms with E-state index in [1.165, 1.54) is 18.5 Å². The minimum Gasteiger partial charge on any atom is -0.337 e. The highest BCUT2D eigenvalue weighted by Crippen LogP contribution is 2.38. The molecule has 1 N–H and O–H groups in total. The Kier molecular flexibility index (Phi) is 3.92. The van der Waals surface area contributed by atoms with Crippen LogP contribution >= 0.6 is 0 Å². The van der Waals surface area contributed by atoms with Gasteiger partial charge in [0.05, 0.1) is 12.0 Å². The number of amides is 2. The molecule has 2 aromatic heterocycles. The quantitative estimate of drug-likeness (QED) is 0.940. The number of likely N-dealkylation sites (tertiary alicyclic amines) is 1. The summed E-state index contributed by atoms with van der Waals surface area (Å²) < 4.78 is 2.07. The zero-order valence-corrected chi connectivity index (χ0v) is 13.9. The van der Waals surface area contributed by atoms with Crippen LogP contribution in [0.4, 0.5) is 10.6 Å². The van der Waals surface area contributed by atoms with E-state index in [2.05, 4.69) is 25.1 Å². The summed E-state index contributed by atoms with van der Waals surface area (Å²) in [5, 5.41) is 11.2. The van der Waals surface area contributed by atoms with Crippen molar-refractivity contribution in [2.24, 2.45) is 7.05 Å². The van der Waals surface area contributed by atoms with Gasteiger partial charge in [-0.15, -0.1) is 5.10 Å². The monoisotopic (exact) mass is 326 g/mol. The first kappa shape index (κ1) is 15.1. The first-order valence-electron chi connectivity index (χ1n) is 8.56. The van der Waals surface area contributed by atoms with E-state index in [0.717, 1.165) is 31.6 Å². The third-order valence-electron chi connectivity index (χ3n) is 4.97. The molecule has 2 aromatic rings.